The van der Waals surface area contributed by atoms with Crippen molar-refractivity contribution in [3.63, 3.8) is 0 Å². The fourth-order valence-corrected chi connectivity index (χ4v) is 3.23. The highest BCUT2D eigenvalue weighted by Gasteiger charge is 2.25. The Morgan fingerprint density at radius 3 is 2.88 bits per heavy atom. The van der Waals surface area contributed by atoms with Crippen LogP contribution in [0.1, 0.15) is 23.3 Å². The van der Waals surface area contributed by atoms with Gasteiger partial charge in [-0.15, -0.1) is 0 Å². The number of benzene rings is 1. The number of hydrogen-bond donors (Lipinski definition) is 1. The van der Waals surface area contributed by atoms with Crippen molar-refractivity contribution in [3.05, 3.63) is 60.5 Å². The summed E-state index contributed by atoms with van der Waals surface area (Å²) in [6.07, 6.45) is 3.74. The number of hydrogen-bond acceptors (Lipinski definition) is 5. The van der Waals surface area contributed by atoms with E-state index in [1.807, 2.05) is 18.2 Å². The van der Waals surface area contributed by atoms with Gasteiger partial charge in [-0.05, 0) is 37.1 Å². The molecule has 6 nitrogen and oxygen atoms in total. The highest BCUT2D eigenvalue weighted by Crippen LogP contribution is 2.25. The SMILES string of the molecule is O=C(NCC1CCCN1c1ccccc1)c1cc(-c2ccco2)on1. The Kier molecular flexibility index (Phi) is 4.24. The van der Waals surface area contributed by atoms with Gasteiger partial charge in [0.25, 0.3) is 5.91 Å². The molecule has 128 valence electrons. The maximum atomic E-state index is 12.3. The number of rotatable bonds is 5. The zero-order valence-corrected chi connectivity index (χ0v) is 13.7. The summed E-state index contributed by atoms with van der Waals surface area (Å²) in [7, 11) is 0. The molecule has 1 amide bonds. The molecule has 25 heavy (non-hydrogen) atoms. The maximum Gasteiger partial charge on any atom is 0.273 e. The Labute approximate surface area is 145 Å². The lowest BCUT2D eigenvalue weighted by Crippen LogP contribution is -2.40. The van der Waals surface area contributed by atoms with Crippen molar-refractivity contribution in [3.8, 4) is 11.5 Å². The summed E-state index contributed by atoms with van der Waals surface area (Å²) in [6, 6.07) is 15.7. The van der Waals surface area contributed by atoms with Crippen LogP contribution < -0.4 is 10.2 Å². The first-order chi connectivity index (χ1) is 12.3. The average Bonchev–Trinajstić information content (AvgIpc) is 3.41. The molecule has 0 spiro atoms. The molecule has 3 aromatic rings. The number of nitrogens with one attached hydrogen (secondary N) is 1. The molecule has 1 aliphatic heterocycles. The largest absolute Gasteiger partial charge is 0.461 e. The van der Waals surface area contributed by atoms with Crippen LogP contribution in [-0.2, 0) is 0 Å². The van der Waals surface area contributed by atoms with Gasteiger partial charge in [-0.3, -0.25) is 4.79 Å². The predicted molar refractivity (Wildman–Crippen MR) is 93.3 cm³/mol. The summed E-state index contributed by atoms with van der Waals surface area (Å²) in [5.74, 6) is 0.765. The number of anilines is 1. The molecule has 1 fully saturated rings. The van der Waals surface area contributed by atoms with Gasteiger partial charge in [0, 0.05) is 30.9 Å². The standard InChI is InChI=1S/C19H19N3O3/c23-19(16-12-18(25-21-16)17-9-5-11-24-17)20-13-15-8-4-10-22(15)14-6-2-1-3-7-14/h1-3,5-7,9,11-12,15H,4,8,10,13H2,(H,20,23). The van der Waals surface area contributed by atoms with Gasteiger partial charge in [0.15, 0.2) is 11.5 Å². The van der Waals surface area contributed by atoms with E-state index in [1.54, 1.807) is 24.5 Å². The number of carbonyl (C=O) groups excluding carboxylic acids is 1. The summed E-state index contributed by atoms with van der Waals surface area (Å²) in [5, 5.41) is 6.80. The van der Waals surface area contributed by atoms with Crippen LogP contribution in [0.3, 0.4) is 0 Å². The highest BCUT2D eigenvalue weighted by atomic mass is 16.5. The van der Waals surface area contributed by atoms with Crippen molar-refractivity contribution in [1.29, 1.82) is 0 Å². The topological polar surface area (TPSA) is 71.5 Å². The second kappa shape index (κ2) is 6.84. The second-order valence-electron chi connectivity index (χ2n) is 6.09. The summed E-state index contributed by atoms with van der Waals surface area (Å²) in [4.78, 5) is 14.7. The van der Waals surface area contributed by atoms with Gasteiger partial charge < -0.3 is 19.2 Å². The van der Waals surface area contributed by atoms with Crippen molar-refractivity contribution in [2.45, 2.75) is 18.9 Å². The summed E-state index contributed by atoms with van der Waals surface area (Å²) < 4.78 is 10.4. The third-order valence-corrected chi connectivity index (χ3v) is 4.47. The van der Waals surface area contributed by atoms with Crippen LogP contribution in [0, 0.1) is 0 Å². The van der Waals surface area contributed by atoms with Crippen molar-refractivity contribution in [2.24, 2.45) is 0 Å². The molecule has 2 aromatic heterocycles. The van der Waals surface area contributed by atoms with Gasteiger partial charge in [-0.1, -0.05) is 23.4 Å². The molecule has 1 unspecified atom stereocenters. The molecular weight excluding hydrogens is 318 g/mol. The minimum Gasteiger partial charge on any atom is -0.461 e. The first-order valence-electron chi connectivity index (χ1n) is 8.42. The summed E-state index contributed by atoms with van der Waals surface area (Å²) in [5.41, 5.74) is 1.46. The number of aromatic nitrogens is 1. The van der Waals surface area contributed by atoms with E-state index >= 15 is 0 Å². The van der Waals surface area contributed by atoms with E-state index in [-0.39, 0.29) is 11.6 Å². The van der Waals surface area contributed by atoms with Crippen LogP contribution in [0.2, 0.25) is 0 Å². The van der Waals surface area contributed by atoms with Gasteiger partial charge in [0.2, 0.25) is 5.76 Å². The van der Waals surface area contributed by atoms with Gasteiger partial charge in [0.05, 0.1) is 6.26 Å². The number of nitrogens with zero attached hydrogens (tertiary/aromatic N) is 2. The Balaban J connectivity index is 1.38. The van der Waals surface area contributed by atoms with Crippen LogP contribution in [-0.4, -0.2) is 30.2 Å². The molecule has 0 saturated carbocycles. The van der Waals surface area contributed by atoms with Crippen LogP contribution in [0.15, 0.2) is 63.7 Å². The Morgan fingerprint density at radius 2 is 2.08 bits per heavy atom. The lowest BCUT2D eigenvalue weighted by molar-refractivity contribution is 0.0942. The zero-order chi connectivity index (χ0) is 17.1. The molecule has 0 radical (unpaired) electrons. The molecule has 1 atom stereocenters. The molecule has 0 aliphatic carbocycles. The van der Waals surface area contributed by atoms with Gasteiger partial charge in [0.1, 0.15) is 0 Å². The second-order valence-corrected chi connectivity index (χ2v) is 6.09. The van der Waals surface area contributed by atoms with Gasteiger partial charge in [-0.25, -0.2) is 0 Å². The third-order valence-electron chi connectivity index (χ3n) is 4.47. The lowest BCUT2D eigenvalue weighted by Gasteiger charge is -2.26. The first kappa shape index (κ1) is 15.5. The molecule has 1 N–H and O–H groups in total. The Bertz CT molecular complexity index is 827. The molecule has 1 aliphatic rings. The predicted octanol–water partition coefficient (Wildman–Crippen LogP) is 3.33. The van der Waals surface area contributed by atoms with Crippen molar-refractivity contribution < 1.29 is 13.7 Å². The summed E-state index contributed by atoms with van der Waals surface area (Å²) in [6.45, 7) is 1.59. The lowest BCUT2D eigenvalue weighted by atomic mass is 10.2. The van der Waals surface area contributed by atoms with E-state index in [0.29, 0.717) is 24.1 Å². The monoisotopic (exact) mass is 337 g/mol. The van der Waals surface area contributed by atoms with E-state index in [0.717, 1.165) is 19.4 Å². The van der Waals surface area contributed by atoms with Crippen molar-refractivity contribution in [2.75, 3.05) is 18.0 Å². The Morgan fingerprint density at radius 1 is 1.20 bits per heavy atom. The molecule has 0 bridgehead atoms. The molecule has 1 aromatic carbocycles. The van der Waals surface area contributed by atoms with Crippen molar-refractivity contribution in [1.82, 2.24) is 10.5 Å². The van der Waals surface area contributed by atoms with Gasteiger partial charge in [-0.2, -0.15) is 0 Å². The third kappa shape index (κ3) is 3.28. The average molecular weight is 337 g/mol. The maximum absolute atomic E-state index is 12.3. The molecule has 4 rings (SSSR count). The molecular formula is C19H19N3O3. The fourth-order valence-electron chi connectivity index (χ4n) is 3.23. The van der Waals surface area contributed by atoms with Crippen LogP contribution in [0.25, 0.3) is 11.5 Å². The van der Waals surface area contributed by atoms with Crippen LogP contribution in [0.5, 0.6) is 0 Å². The molecule has 6 heteroatoms. The number of para-hydroxylation sites is 1. The minimum atomic E-state index is -0.235. The molecule has 3 heterocycles. The van der Waals surface area contributed by atoms with Crippen LogP contribution >= 0.6 is 0 Å². The Hall–Kier alpha value is -3.02. The van der Waals surface area contributed by atoms with E-state index < -0.39 is 0 Å². The fraction of sp³-hybridized carbons (Fsp3) is 0.263. The zero-order valence-electron chi connectivity index (χ0n) is 13.7. The minimum absolute atomic E-state index is 0.235. The number of furan rings is 1. The smallest absolute Gasteiger partial charge is 0.273 e. The normalized spacial score (nSPS) is 17.0. The number of carbonyl (C=O) groups is 1. The van der Waals surface area contributed by atoms with E-state index in [9.17, 15) is 4.79 Å². The van der Waals surface area contributed by atoms with Crippen molar-refractivity contribution >= 4 is 11.6 Å². The van der Waals surface area contributed by atoms with E-state index in [2.05, 4.69) is 27.5 Å². The van der Waals surface area contributed by atoms with Crippen LogP contribution in [0.4, 0.5) is 5.69 Å². The van der Waals surface area contributed by atoms with E-state index in [1.165, 1.54) is 5.69 Å². The van der Waals surface area contributed by atoms with E-state index in [4.69, 9.17) is 8.94 Å². The molecule has 1 saturated heterocycles. The van der Waals surface area contributed by atoms with Gasteiger partial charge >= 0.3 is 0 Å². The first-order valence-corrected chi connectivity index (χ1v) is 8.42. The summed E-state index contributed by atoms with van der Waals surface area (Å²) >= 11 is 0. The quantitative estimate of drug-likeness (QED) is 0.773. The highest BCUT2D eigenvalue weighted by molar-refractivity contribution is 5.93. The number of amides is 1.